The summed E-state index contributed by atoms with van der Waals surface area (Å²) in [6.07, 6.45) is 4.02. The van der Waals surface area contributed by atoms with E-state index in [0.29, 0.717) is 35.2 Å². The van der Waals surface area contributed by atoms with Crippen LogP contribution in [0.15, 0.2) is 35.3 Å². The van der Waals surface area contributed by atoms with Gasteiger partial charge in [-0.25, -0.2) is 4.98 Å². The van der Waals surface area contributed by atoms with Crippen LogP contribution in [0.3, 0.4) is 0 Å². The molecule has 0 radical (unpaired) electrons. The van der Waals surface area contributed by atoms with Gasteiger partial charge in [0, 0.05) is 10.9 Å². The Hall–Kier alpha value is -2.87. The summed E-state index contributed by atoms with van der Waals surface area (Å²) in [4.78, 5) is 15.7. The van der Waals surface area contributed by atoms with E-state index in [1.807, 2.05) is 0 Å². The number of nitrogens with zero attached hydrogens (tertiary/aromatic N) is 2. The van der Waals surface area contributed by atoms with E-state index in [9.17, 15) is 9.90 Å². The Morgan fingerprint density at radius 3 is 3.00 bits per heavy atom. The number of allylic oxidation sites excluding steroid dienone is 1. The van der Waals surface area contributed by atoms with Crippen molar-refractivity contribution in [2.24, 2.45) is 5.10 Å². The van der Waals surface area contributed by atoms with Gasteiger partial charge in [0.05, 0.1) is 32.0 Å². The lowest BCUT2D eigenvalue weighted by Crippen LogP contribution is -2.07. The van der Waals surface area contributed by atoms with Gasteiger partial charge in [0.2, 0.25) is 5.13 Å². The van der Waals surface area contributed by atoms with Crippen molar-refractivity contribution >= 4 is 28.7 Å². The molecule has 26 heavy (non-hydrogen) atoms. The van der Waals surface area contributed by atoms with Gasteiger partial charge >= 0.3 is 5.97 Å². The molecule has 1 heterocycles. The Labute approximate surface area is 156 Å². The first-order valence-electron chi connectivity index (χ1n) is 7.97. The third-order valence-electron chi connectivity index (χ3n) is 3.31. The predicted octanol–water partition coefficient (Wildman–Crippen LogP) is 3.14. The standard InChI is InChI=1S/C18H21N3O4S/c1-4-6-12-7-13(17(23)15(8-12)24-3)10-19-21-18-20-14(11-26-18)9-16(22)25-5-2/h4,7-8,10-11,23H,1,5-6,9H2,2-3H3,(H,20,21). The number of hydrogen-bond donors (Lipinski definition) is 2. The summed E-state index contributed by atoms with van der Waals surface area (Å²) in [5.41, 5.74) is 4.86. The lowest BCUT2D eigenvalue weighted by atomic mass is 10.1. The number of phenols is 1. The van der Waals surface area contributed by atoms with Crippen molar-refractivity contribution in [2.45, 2.75) is 19.8 Å². The summed E-state index contributed by atoms with van der Waals surface area (Å²) in [7, 11) is 1.49. The lowest BCUT2D eigenvalue weighted by molar-refractivity contribution is -0.142. The van der Waals surface area contributed by atoms with Crippen molar-refractivity contribution in [2.75, 3.05) is 19.1 Å². The first-order chi connectivity index (χ1) is 12.6. The van der Waals surface area contributed by atoms with Crippen LogP contribution in [-0.2, 0) is 22.4 Å². The van der Waals surface area contributed by atoms with E-state index in [0.717, 1.165) is 5.56 Å². The number of esters is 1. The highest BCUT2D eigenvalue weighted by Crippen LogP contribution is 2.30. The number of rotatable bonds is 9. The maximum Gasteiger partial charge on any atom is 0.311 e. The minimum Gasteiger partial charge on any atom is -0.504 e. The van der Waals surface area contributed by atoms with Crippen LogP contribution in [0.4, 0.5) is 5.13 Å². The highest BCUT2D eigenvalue weighted by atomic mass is 32.1. The monoisotopic (exact) mass is 375 g/mol. The second kappa shape index (κ2) is 9.57. The maximum absolute atomic E-state index is 11.4. The van der Waals surface area contributed by atoms with Crippen LogP contribution in [0.25, 0.3) is 0 Å². The summed E-state index contributed by atoms with van der Waals surface area (Å²) in [6.45, 7) is 5.81. The highest BCUT2D eigenvalue weighted by Gasteiger charge is 2.10. The first kappa shape index (κ1) is 19.5. The lowest BCUT2D eigenvalue weighted by Gasteiger charge is -2.08. The van der Waals surface area contributed by atoms with E-state index in [-0.39, 0.29) is 18.1 Å². The van der Waals surface area contributed by atoms with Crippen LogP contribution in [-0.4, -0.2) is 36.0 Å². The number of aromatic nitrogens is 1. The summed E-state index contributed by atoms with van der Waals surface area (Å²) in [5.74, 6) is 0.0636. The molecule has 2 aromatic rings. The van der Waals surface area contributed by atoms with Crippen molar-refractivity contribution in [3.05, 3.63) is 47.0 Å². The van der Waals surface area contributed by atoms with Crippen molar-refractivity contribution < 1.29 is 19.4 Å². The van der Waals surface area contributed by atoms with E-state index in [1.54, 1.807) is 30.5 Å². The number of carbonyl (C=O) groups excluding carboxylic acids is 1. The molecule has 0 saturated heterocycles. The molecule has 2 rings (SSSR count). The highest BCUT2D eigenvalue weighted by molar-refractivity contribution is 7.13. The number of aromatic hydroxyl groups is 1. The molecule has 0 aliphatic carbocycles. The van der Waals surface area contributed by atoms with Crippen molar-refractivity contribution in [1.82, 2.24) is 4.98 Å². The summed E-state index contributed by atoms with van der Waals surface area (Å²) in [6, 6.07) is 3.56. The number of ether oxygens (including phenoxy) is 2. The molecule has 0 atom stereocenters. The van der Waals surface area contributed by atoms with Crippen LogP contribution in [0.2, 0.25) is 0 Å². The molecule has 0 amide bonds. The molecule has 1 aromatic heterocycles. The fraction of sp³-hybridized carbons (Fsp3) is 0.278. The van der Waals surface area contributed by atoms with Crippen molar-refractivity contribution in [3.8, 4) is 11.5 Å². The third-order valence-corrected chi connectivity index (χ3v) is 4.11. The molecule has 0 aliphatic heterocycles. The number of methoxy groups -OCH3 is 1. The van der Waals surface area contributed by atoms with Gasteiger partial charge in [0.25, 0.3) is 0 Å². The second-order valence-corrected chi connectivity index (χ2v) is 6.08. The minimum atomic E-state index is -0.316. The molecule has 0 spiro atoms. The summed E-state index contributed by atoms with van der Waals surface area (Å²) in [5, 5.41) is 16.6. The number of hydrazone groups is 1. The number of phenolic OH excluding ortho intramolecular Hbond substituents is 1. The molecule has 7 nitrogen and oxygen atoms in total. The quantitative estimate of drug-likeness (QED) is 0.303. The van der Waals surface area contributed by atoms with Crippen molar-refractivity contribution in [3.63, 3.8) is 0 Å². The smallest absolute Gasteiger partial charge is 0.311 e. The minimum absolute atomic E-state index is 0.00741. The molecule has 0 saturated carbocycles. The van der Waals surface area contributed by atoms with E-state index in [2.05, 4.69) is 22.1 Å². The van der Waals surface area contributed by atoms with Crippen LogP contribution < -0.4 is 10.2 Å². The zero-order chi connectivity index (χ0) is 18.9. The summed E-state index contributed by atoms with van der Waals surface area (Å²) < 4.78 is 10.1. The fourth-order valence-electron chi connectivity index (χ4n) is 2.18. The Bertz CT molecular complexity index is 802. The van der Waals surface area contributed by atoms with Gasteiger partial charge < -0.3 is 14.6 Å². The van der Waals surface area contributed by atoms with E-state index < -0.39 is 0 Å². The molecular weight excluding hydrogens is 354 g/mol. The van der Waals surface area contributed by atoms with Gasteiger partial charge in [-0.2, -0.15) is 5.10 Å². The zero-order valence-corrected chi connectivity index (χ0v) is 15.5. The van der Waals surface area contributed by atoms with Gasteiger partial charge in [0.1, 0.15) is 0 Å². The normalized spacial score (nSPS) is 10.7. The Morgan fingerprint density at radius 2 is 2.31 bits per heavy atom. The maximum atomic E-state index is 11.4. The van der Waals surface area contributed by atoms with Crippen LogP contribution >= 0.6 is 11.3 Å². The Morgan fingerprint density at radius 1 is 1.50 bits per heavy atom. The average molecular weight is 375 g/mol. The number of nitrogens with one attached hydrogen (secondary N) is 1. The van der Waals surface area contributed by atoms with Gasteiger partial charge in [-0.1, -0.05) is 6.08 Å². The number of hydrogen-bond acceptors (Lipinski definition) is 8. The molecule has 0 bridgehead atoms. The van der Waals surface area contributed by atoms with Crippen molar-refractivity contribution in [1.29, 1.82) is 0 Å². The van der Waals surface area contributed by atoms with Gasteiger partial charge in [-0.05, 0) is 31.0 Å². The average Bonchev–Trinajstić information content (AvgIpc) is 3.05. The van der Waals surface area contributed by atoms with Crippen LogP contribution in [0, 0.1) is 0 Å². The molecule has 1 aromatic carbocycles. The Balaban J connectivity index is 2.06. The van der Waals surface area contributed by atoms with E-state index in [4.69, 9.17) is 9.47 Å². The molecule has 8 heteroatoms. The number of thiazole rings is 1. The SMILES string of the molecule is C=CCc1cc(C=NNc2nc(CC(=O)OCC)cs2)c(O)c(OC)c1. The number of benzene rings is 1. The van der Waals surface area contributed by atoms with E-state index in [1.165, 1.54) is 24.7 Å². The second-order valence-electron chi connectivity index (χ2n) is 5.22. The topological polar surface area (TPSA) is 93.0 Å². The van der Waals surface area contributed by atoms with E-state index >= 15 is 0 Å². The van der Waals surface area contributed by atoms with Crippen LogP contribution in [0.5, 0.6) is 11.5 Å². The summed E-state index contributed by atoms with van der Waals surface area (Å²) >= 11 is 1.32. The molecule has 0 aliphatic rings. The van der Waals surface area contributed by atoms with Gasteiger partial charge in [-0.15, -0.1) is 17.9 Å². The molecule has 0 fully saturated rings. The largest absolute Gasteiger partial charge is 0.504 e. The predicted molar refractivity (Wildman–Crippen MR) is 102 cm³/mol. The zero-order valence-electron chi connectivity index (χ0n) is 14.7. The van der Waals surface area contributed by atoms with Crippen LogP contribution in [0.1, 0.15) is 23.7 Å². The molecular formula is C18H21N3O4S. The fourth-order valence-corrected chi connectivity index (χ4v) is 2.84. The number of anilines is 1. The van der Waals surface area contributed by atoms with Gasteiger partial charge in [0.15, 0.2) is 11.5 Å². The Kier molecular flexibility index (Phi) is 7.16. The van der Waals surface area contributed by atoms with Gasteiger partial charge in [-0.3, -0.25) is 10.2 Å². The molecule has 2 N–H and O–H groups in total. The number of carbonyl (C=O) groups is 1. The third kappa shape index (κ3) is 5.32. The first-order valence-corrected chi connectivity index (χ1v) is 8.85. The molecule has 0 unspecified atom stereocenters. The molecule has 138 valence electrons.